The second-order valence-electron chi connectivity index (χ2n) is 3.24. The van der Waals surface area contributed by atoms with Gasteiger partial charge >= 0.3 is 0 Å². The maximum atomic E-state index is 11.7. The summed E-state index contributed by atoms with van der Waals surface area (Å²) in [5.41, 5.74) is 0.646. The van der Waals surface area contributed by atoms with Gasteiger partial charge in [0.25, 0.3) is 5.91 Å². The van der Waals surface area contributed by atoms with Crippen LogP contribution in [0.1, 0.15) is 23.7 Å². The summed E-state index contributed by atoms with van der Waals surface area (Å²) in [6.07, 6.45) is 0.837. The van der Waals surface area contributed by atoms with Crippen molar-refractivity contribution in [2.24, 2.45) is 0 Å². The summed E-state index contributed by atoms with van der Waals surface area (Å²) >= 11 is 9.03. The number of rotatable bonds is 4. The highest BCUT2D eigenvalue weighted by molar-refractivity contribution is 9.10. The van der Waals surface area contributed by atoms with E-state index in [1.807, 2.05) is 19.1 Å². The number of benzene rings is 1. The molecule has 1 N–H and O–H groups in total. The molecule has 0 saturated heterocycles. The van der Waals surface area contributed by atoms with Gasteiger partial charge in [-0.15, -0.1) is 11.6 Å². The largest absolute Gasteiger partial charge is 0.348 e. The molecule has 15 heavy (non-hydrogen) atoms. The second kappa shape index (κ2) is 6.13. The standard InChI is InChI=1S/C11H13BrClNO/c1-2-10(7-13)14-11(15)8-4-3-5-9(12)6-8/h3-6,10H,2,7H2,1H3,(H,14,15). The average Bonchev–Trinajstić information content (AvgIpc) is 2.25. The van der Waals surface area contributed by atoms with E-state index in [2.05, 4.69) is 21.2 Å². The third kappa shape index (κ3) is 3.84. The summed E-state index contributed by atoms with van der Waals surface area (Å²) in [5.74, 6) is 0.361. The monoisotopic (exact) mass is 289 g/mol. The number of alkyl halides is 1. The lowest BCUT2D eigenvalue weighted by Crippen LogP contribution is -2.35. The first-order valence-electron chi connectivity index (χ1n) is 4.79. The molecule has 0 bridgehead atoms. The molecule has 0 saturated carbocycles. The summed E-state index contributed by atoms with van der Waals surface area (Å²) in [6.45, 7) is 1.99. The zero-order chi connectivity index (χ0) is 11.3. The van der Waals surface area contributed by atoms with Crippen LogP contribution in [0.4, 0.5) is 0 Å². The van der Waals surface area contributed by atoms with Crippen LogP contribution < -0.4 is 5.32 Å². The lowest BCUT2D eigenvalue weighted by atomic mass is 10.2. The molecule has 1 atom stereocenters. The Hall–Kier alpha value is -0.540. The Bertz CT molecular complexity index is 339. The van der Waals surface area contributed by atoms with E-state index in [-0.39, 0.29) is 11.9 Å². The fourth-order valence-corrected chi connectivity index (χ4v) is 1.84. The molecule has 0 heterocycles. The van der Waals surface area contributed by atoms with E-state index < -0.39 is 0 Å². The van der Waals surface area contributed by atoms with Crippen molar-refractivity contribution in [3.63, 3.8) is 0 Å². The van der Waals surface area contributed by atoms with Gasteiger partial charge in [0.05, 0.1) is 0 Å². The quantitative estimate of drug-likeness (QED) is 0.848. The lowest BCUT2D eigenvalue weighted by molar-refractivity contribution is 0.0939. The summed E-state index contributed by atoms with van der Waals surface area (Å²) in [7, 11) is 0. The van der Waals surface area contributed by atoms with Crippen molar-refractivity contribution in [1.29, 1.82) is 0 Å². The first-order chi connectivity index (χ1) is 7.17. The molecule has 0 radical (unpaired) electrons. The van der Waals surface area contributed by atoms with E-state index in [4.69, 9.17) is 11.6 Å². The van der Waals surface area contributed by atoms with Gasteiger partial charge in [0.1, 0.15) is 0 Å². The van der Waals surface area contributed by atoms with Crippen LogP contribution >= 0.6 is 27.5 Å². The van der Waals surface area contributed by atoms with Gasteiger partial charge in [0.15, 0.2) is 0 Å². The van der Waals surface area contributed by atoms with E-state index in [0.29, 0.717) is 11.4 Å². The van der Waals surface area contributed by atoms with E-state index >= 15 is 0 Å². The Balaban J connectivity index is 2.68. The molecule has 0 spiro atoms. The number of amides is 1. The molecule has 0 aliphatic carbocycles. The molecule has 1 unspecified atom stereocenters. The van der Waals surface area contributed by atoms with Crippen LogP contribution in [-0.4, -0.2) is 17.8 Å². The van der Waals surface area contributed by atoms with Gasteiger partial charge in [-0.05, 0) is 24.6 Å². The number of nitrogens with one attached hydrogen (secondary N) is 1. The highest BCUT2D eigenvalue weighted by Gasteiger charge is 2.10. The summed E-state index contributed by atoms with van der Waals surface area (Å²) in [6, 6.07) is 7.33. The van der Waals surface area contributed by atoms with E-state index in [9.17, 15) is 4.79 Å². The van der Waals surface area contributed by atoms with Crippen LogP contribution in [-0.2, 0) is 0 Å². The van der Waals surface area contributed by atoms with Gasteiger partial charge in [0.2, 0.25) is 0 Å². The topological polar surface area (TPSA) is 29.1 Å². The Morgan fingerprint density at radius 2 is 2.33 bits per heavy atom. The minimum absolute atomic E-state index is 0.0400. The van der Waals surface area contributed by atoms with Crippen LogP contribution in [0.2, 0.25) is 0 Å². The Morgan fingerprint density at radius 1 is 1.60 bits per heavy atom. The van der Waals surface area contributed by atoms with Gasteiger partial charge in [0, 0.05) is 22.0 Å². The van der Waals surface area contributed by atoms with Gasteiger partial charge in [-0.1, -0.05) is 28.9 Å². The number of halogens is 2. The molecule has 4 heteroatoms. The van der Waals surface area contributed by atoms with Crippen LogP contribution in [0.3, 0.4) is 0 Å². The van der Waals surface area contributed by atoms with Crippen LogP contribution in [0, 0.1) is 0 Å². The predicted octanol–water partition coefficient (Wildman–Crippen LogP) is 3.20. The number of hydrogen-bond donors (Lipinski definition) is 1. The number of carbonyl (C=O) groups is 1. The molecular formula is C11H13BrClNO. The first-order valence-corrected chi connectivity index (χ1v) is 6.12. The van der Waals surface area contributed by atoms with Gasteiger partial charge in [-0.25, -0.2) is 0 Å². The van der Waals surface area contributed by atoms with E-state index in [1.54, 1.807) is 12.1 Å². The fraction of sp³-hybridized carbons (Fsp3) is 0.364. The zero-order valence-electron chi connectivity index (χ0n) is 8.47. The normalized spacial score (nSPS) is 12.2. The molecule has 0 fully saturated rings. The Labute approximate surface area is 103 Å². The highest BCUT2D eigenvalue weighted by atomic mass is 79.9. The van der Waals surface area contributed by atoms with Gasteiger partial charge < -0.3 is 5.32 Å². The maximum Gasteiger partial charge on any atom is 0.251 e. The molecule has 1 aromatic rings. The number of carbonyl (C=O) groups excluding carboxylic acids is 1. The van der Waals surface area contributed by atoms with Crippen LogP contribution in [0.15, 0.2) is 28.7 Å². The third-order valence-electron chi connectivity index (χ3n) is 2.10. The van der Waals surface area contributed by atoms with Crippen LogP contribution in [0.5, 0.6) is 0 Å². The molecule has 0 aliphatic rings. The van der Waals surface area contributed by atoms with Crippen molar-refractivity contribution in [3.8, 4) is 0 Å². The minimum Gasteiger partial charge on any atom is -0.348 e. The Morgan fingerprint density at radius 3 is 2.87 bits per heavy atom. The molecule has 1 aromatic carbocycles. The molecule has 0 aromatic heterocycles. The van der Waals surface area contributed by atoms with Crippen molar-refractivity contribution in [3.05, 3.63) is 34.3 Å². The van der Waals surface area contributed by atoms with E-state index in [0.717, 1.165) is 10.9 Å². The summed E-state index contributed by atoms with van der Waals surface area (Å²) in [4.78, 5) is 11.7. The third-order valence-corrected chi connectivity index (χ3v) is 2.97. The summed E-state index contributed by atoms with van der Waals surface area (Å²) < 4.78 is 0.897. The van der Waals surface area contributed by atoms with E-state index in [1.165, 1.54) is 0 Å². The van der Waals surface area contributed by atoms with Crippen molar-refractivity contribution in [2.45, 2.75) is 19.4 Å². The average molecular weight is 291 g/mol. The fourth-order valence-electron chi connectivity index (χ4n) is 1.15. The molecule has 2 nitrogen and oxygen atoms in total. The number of hydrogen-bond acceptors (Lipinski definition) is 1. The lowest BCUT2D eigenvalue weighted by Gasteiger charge is -2.13. The molecule has 1 rings (SSSR count). The summed E-state index contributed by atoms with van der Waals surface area (Å²) in [5, 5.41) is 2.87. The van der Waals surface area contributed by atoms with Crippen molar-refractivity contribution >= 4 is 33.4 Å². The smallest absolute Gasteiger partial charge is 0.251 e. The van der Waals surface area contributed by atoms with Crippen molar-refractivity contribution in [2.75, 3.05) is 5.88 Å². The van der Waals surface area contributed by atoms with Gasteiger partial charge in [-0.2, -0.15) is 0 Å². The van der Waals surface area contributed by atoms with Crippen LogP contribution in [0.25, 0.3) is 0 Å². The predicted molar refractivity (Wildman–Crippen MR) is 66.4 cm³/mol. The molecule has 0 aliphatic heterocycles. The molecule has 82 valence electrons. The Kier molecular flexibility index (Phi) is 5.12. The van der Waals surface area contributed by atoms with Crippen molar-refractivity contribution < 1.29 is 4.79 Å². The highest BCUT2D eigenvalue weighted by Crippen LogP contribution is 2.11. The molecular weight excluding hydrogens is 277 g/mol. The second-order valence-corrected chi connectivity index (χ2v) is 4.47. The minimum atomic E-state index is -0.0798. The van der Waals surface area contributed by atoms with Crippen molar-refractivity contribution in [1.82, 2.24) is 5.32 Å². The molecule has 1 amide bonds. The maximum absolute atomic E-state index is 11.7. The van der Waals surface area contributed by atoms with Gasteiger partial charge in [-0.3, -0.25) is 4.79 Å². The zero-order valence-corrected chi connectivity index (χ0v) is 10.8. The SMILES string of the molecule is CCC(CCl)NC(=O)c1cccc(Br)c1. The first kappa shape index (κ1) is 12.5.